The van der Waals surface area contributed by atoms with Crippen molar-refractivity contribution in [2.75, 3.05) is 13.1 Å². The van der Waals surface area contributed by atoms with Crippen LogP contribution >= 0.6 is 0 Å². The van der Waals surface area contributed by atoms with Gasteiger partial charge in [-0.05, 0) is 37.6 Å². The lowest BCUT2D eigenvalue weighted by molar-refractivity contribution is -0.135. The third-order valence-electron chi connectivity index (χ3n) is 4.85. The van der Waals surface area contributed by atoms with E-state index in [1.54, 1.807) is 0 Å². The first-order valence-corrected chi connectivity index (χ1v) is 7.65. The first-order chi connectivity index (χ1) is 8.63. The molecule has 2 aliphatic rings. The molecule has 1 N–H and O–H groups in total. The molecule has 0 radical (unpaired) electrons. The maximum Gasteiger partial charge on any atom is 0.223 e. The quantitative estimate of drug-likeness (QED) is 0.833. The van der Waals surface area contributed by atoms with E-state index < -0.39 is 0 Å². The summed E-state index contributed by atoms with van der Waals surface area (Å²) in [4.78, 5) is 14.8. The molecular weight excluding hydrogens is 224 g/mol. The van der Waals surface area contributed by atoms with Crippen LogP contribution in [0.4, 0.5) is 0 Å². The molecule has 104 valence electrons. The molecule has 2 heterocycles. The molecule has 0 aromatic heterocycles. The lowest BCUT2D eigenvalue weighted by atomic mass is 9.89. The van der Waals surface area contributed by atoms with Crippen LogP contribution in [0.3, 0.4) is 0 Å². The second-order valence-corrected chi connectivity index (χ2v) is 6.30. The van der Waals surface area contributed by atoms with Crippen molar-refractivity contribution in [2.45, 2.75) is 65.0 Å². The van der Waals surface area contributed by atoms with Gasteiger partial charge in [0, 0.05) is 25.0 Å². The summed E-state index contributed by atoms with van der Waals surface area (Å²) < 4.78 is 0. The third-order valence-corrected chi connectivity index (χ3v) is 4.85. The molecular formula is C15H28N2O. The van der Waals surface area contributed by atoms with Crippen molar-refractivity contribution in [1.29, 1.82) is 0 Å². The summed E-state index contributed by atoms with van der Waals surface area (Å²) in [5.41, 5.74) is 0. The van der Waals surface area contributed by atoms with Gasteiger partial charge in [0.05, 0.1) is 0 Å². The summed E-state index contributed by atoms with van der Waals surface area (Å²) >= 11 is 0. The molecule has 3 nitrogen and oxygen atoms in total. The zero-order valence-corrected chi connectivity index (χ0v) is 12.1. The van der Waals surface area contributed by atoms with Gasteiger partial charge in [-0.25, -0.2) is 0 Å². The maximum atomic E-state index is 12.6. The Morgan fingerprint density at radius 1 is 1.28 bits per heavy atom. The number of amides is 1. The monoisotopic (exact) mass is 252 g/mol. The Bertz CT molecular complexity index is 276. The molecule has 0 spiro atoms. The van der Waals surface area contributed by atoms with Crippen molar-refractivity contribution in [3.63, 3.8) is 0 Å². The largest absolute Gasteiger partial charge is 0.335 e. The van der Waals surface area contributed by atoms with Crippen LogP contribution in [0.1, 0.15) is 52.9 Å². The minimum absolute atomic E-state index is 0.409. The van der Waals surface area contributed by atoms with E-state index in [1.165, 1.54) is 12.8 Å². The first-order valence-electron chi connectivity index (χ1n) is 7.65. The fourth-order valence-corrected chi connectivity index (χ4v) is 3.57. The molecule has 2 bridgehead atoms. The highest BCUT2D eigenvalue weighted by atomic mass is 16.2. The van der Waals surface area contributed by atoms with E-state index in [0.717, 1.165) is 32.4 Å². The molecule has 2 fully saturated rings. The summed E-state index contributed by atoms with van der Waals surface area (Å²) in [5, 5.41) is 3.46. The summed E-state index contributed by atoms with van der Waals surface area (Å²) in [6.45, 7) is 8.75. The number of nitrogens with one attached hydrogen (secondary N) is 1. The van der Waals surface area contributed by atoms with Crippen LogP contribution in [-0.4, -0.2) is 36.0 Å². The van der Waals surface area contributed by atoms with Gasteiger partial charge in [0.15, 0.2) is 0 Å². The van der Waals surface area contributed by atoms with Gasteiger partial charge in [0.1, 0.15) is 0 Å². The Hall–Kier alpha value is -0.570. The van der Waals surface area contributed by atoms with E-state index in [-0.39, 0.29) is 0 Å². The molecule has 0 saturated carbocycles. The second-order valence-electron chi connectivity index (χ2n) is 6.30. The average Bonchev–Trinajstić information content (AvgIpc) is 2.59. The molecule has 1 amide bonds. The molecule has 2 rings (SSSR count). The zero-order valence-electron chi connectivity index (χ0n) is 12.1. The smallest absolute Gasteiger partial charge is 0.223 e. The van der Waals surface area contributed by atoms with Crippen LogP contribution < -0.4 is 5.32 Å². The van der Waals surface area contributed by atoms with E-state index >= 15 is 0 Å². The highest BCUT2D eigenvalue weighted by molar-refractivity contribution is 5.77. The highest BCUT2D eigenvalue weighted by Gasteiger charge is 2.38. The maximum absolute atomic E-state index is 12.6. The lowest BCUT2D eigenvalue weighted by Crippen LogP contribution is -2.43. The summed E-state index contributed by atoms with van der Waals surface area (Å²) in [6.07, 6.45) is 5.42. The lowest BCUT2D eigenvalue weighted by Gasteiger charge is -2.30. The summed E-state index contributed by atoms with van der Waals surface area (Å²) in [5.74, 6) is 1.57. The Kier molecular flexibility index (Phi) is 4.66. The molecule has 2 saturated heterocycles. The van der Waals surface area contributed by atoms with Gasteiger partial charge in [-0.2, -0.15) is 0 Å². The summed E-state index contributed by atoms with van der Waals surface area (Å²) in [7, 11) is 0. The van der Waals surface area contributed by atoms with E-state index in [2.05, 4.69) is 31.0 Å². The van der Waals surface area contributed by atoms with Crippen LogP contribution in [0, 0.1) is 11.8 Å². The van der Waals surface area contributed by atoms with E-state index in [0.29, 0.717) is 29.8 Å². The Morgan fingerprint density at radius 2 is 2.00 bits per heavy atom. The molecule has 0 aliphatic carbocycles. The van der Waals surface area contributed by atoms with Gasteiger partial charge in [-0.1, -0.05) is 27.2 Å². The fraction of sp³-hybridized carbons (Fsp3) is 0.933. The van der Waals surface area contributed by atoms with Crippen LogP contribution in [-0.2, 0) is 4.79 Å². The number of hydrogen-bond acceptors (Lipinski definition) is 2. The third kappa shape index (κ3) is 2.87. The van der Waals surface area contributed by atoms with Gasteiger partial charge in [-0.15, -0.1) is 0 Å². The normalized spacial score (nSPS) is 29.4. The molecule has 0 aromatic rings. The van der Waals surface area contributed by atoms with Crippen molar-refractivity contribution in [3.8, 4) is 0 Å². The SMILES string of the molecule is CCC(CC(=O)N1C2CCNCC1CC2)C(C)C. The van der Waals surface area contributed by atoms with E-state index in [1.807, 2.05) is 0 Å². The van der Waals surface area contributed by atoms with Crippen molar-refractivity contribution in [1.82, 2.24) is 10.2 Å². The molecule has 2 aliphatic heterocycles. The molecule has 0 aromatic carbocycles. The van der Waals surface area contributed by atoms with Crippen molar-refractivity contribution in [2.24, 2.45) is 11.8 Å². The number of nitrogens with zero attached hydrogens (tertiary/aromatic N) is 1. The summed E-state index contributed by atoms with van der Waals surface area (Å²) in [6, 6.07) is 0.983. The minimum Gasteiger partial charge on any atom is -0.335 e. The predicted octanol–water partition coefficient (Wildman–Crippen LogP) is 2.41. The molecule has 3 unspecified atom stereocenters. The van der Waals surface area contributed by atoms with E-state index in [9.17, 15) is 4.79 Å². The number of carbonyl (C=O) groups is 1. The Morgan fingerprint density at radius 3 is 2.67 bits per heavy atom. The molecule has 3 atom stereocenters. The van der Waals surface area contributed by atoms with E-state index in [4.69, 9.17) is 0 Å². The average molecular weight is 252 g/mol. The van der Waals surface area contributed by atoms with Gasteiger partial charge in [0.25, 0.3) is 0 Å². The zero-order chi connectivity index (χ0) is 13.1. The topological polar surface area (TPSA) is 32.3 Å². The number of carbonyl (C=O) groups excluding carboxylic acids is 1. The predicted molar refractivity (Wildman–Crippen MR) is 74.4 cm³/mol. The first kappa shape index (κ1) is 13.9. The van der Waals surface area contributed by atoms with Crippen LogP contribution in [0.2, 0.25) is 0 Å². The standard InChI is InChI=1S/C15H28N2O/c1-4-12(11(2)3)9-15(18)17-13-5-6-14(17)10-16-8-7-13/h11-14,16H,4-10H2,1-3H3. The second kappa shape index (κ2) is 6.05. The Labute approximate surface area is 111 Å². The van der Waals surface area contributed by atoms with Gasteiger partial charge >= 0.3 is 0 Å². The van der Waals surface area contributed by atoms with Crippen molar-refractivity contribution in [3.05, 3.63) is 0 Å². The van der Waals surface area contributed by atoms with Crippen LogP contribution in [0.25, 0.3) is 0 Å². The van der Waals surface area contributed by atoms with Crippen LogP contribution in [0.5, 0.6) is 0 Å². The molecule has 3 heteroatoms. The van der Waals surface area contributed by atoms with Crippen molar-refractivity contribution < 1.29 is 4.79 Å². The Balaban J connectivity index is 1.99. The van der Waals surface area contributed by atoms with Gasteiger partial charge in [0.2, 0.25) is 5.91 Å². The minimum atomic E-state index is 0.409. The van der Waals surface area contributed by atoms with Gasteiger partial charge in [-0.3, -0.25) is 4.79 Å². The number of fused-ring (bicyclic) bond motifs is 2. The fourth-order valence-electron chi connectivity index (χ4n) is 3.57. The number of rotatable bonds is 4. The number of hydrogen-bond donors (Lipinski definition) is 1. The van der Waals surface area contributed by atoms with Crippen LogP contribution in [0.15, 0.2) is 0 Å². The molecule has 18 heavy (non-hydrogen) atoms. The highest BCUT2D eigenvalue weighted by Crippen LogP contribution is 2.30. The van der Waals surface area contributed by atoms with Crippen molar-refractivity contribution >= 4 is 5.91 Å². The van der Waals surface area contributed by atoms with Gasteiger partial charge < -0.3 is 10.2 Å².